The Labute approximate surface area is 147 Å². The van der Waals surface area contributed by atoms with Crippen molar-refractivity contribution < 1.29 is 0 Å². The van der Waals surface area contributed by atoms with Gasteiger partial charge in [0.05, 0.1) is 22.8 Å². The lowest BCUT2D eigenvalue weighted by atomic mass is 9.97. The Balaban J connectivity index is 1.98. The van der Waals surface area contributed by atoms with Crippen LogP contribution in [-0.4, -0.2) is 4.98 Å². The lowest BCUT2D eigenvalue weighted by Gasteiger charge is -2.11. The maximum atomic E-state index is 9.00. The molecule has 0 radical (unpaired) electrons. The average Bonchev–Trinajstić information content (AvgIpc) is 2.67. The molecule has 0 atom stereocenters. The highest BCUT2D eigenvalue weighted by Crippen LogP contribution is 2.32. The van der Waals surface area contributed by atoms with Crippen LogP contribution in [0.1, 0.15) is 11.1 Å². The van der Waals surface area contributed by atoms with E-state index in [0.29, 0.717) is 5.56 Å². The summed E-state index contributed by atoms with van der Waals surface area (Å²) in [5.41, 5.74) is 7.11. The highest BCUT2D eigenvalue weighted by Gasteiger charge is 2.10. The average molecular weight is 320 g/mol. The van der Waals surface area contributed by atoms with Gasteiger partial charge in [0.15, 0.2) is 0 Å². The maximum Gasteiger partial charge on any atom is 0.0991 e. The molecular formula is C23H16N2. The fourth-order valence-electron chi connectivity index (χ4n) is 3.06. The SMILES string of the molecule is Cc1ccc2c(-c3ccccc3)cc(-c3ccc(C#N)cc3)nc2c1. The predicted octanol–water partition coefficient (Wildman–Crippen LogP) is 5.75. The monoisotopic (exact) mass is 320 g/mol. The van der Waals surface area contributed by atoms with E-state index in [2.05, 4.69) is 61.5 Å². The summed E-state index contributed by atoms with van der Waals surface area (Å²) in [6.45, 7) is 2.08. The van der Waals surface area contributed by atoms with Crippen LogP contribution in [0.2, 0.25) is 0 Å². The van der Waals surface area contributed by atoms with Crippen LogP contribution in [-0.2, 0) is 0 Å². The van der Waals surface area contributed by atoms with Gasteiger partial charge in [-0.15, -0.1) is 0 Å². The van der Waals surface area contributed by atoms with Crippen molar-refractivity contribution in [2.45, 2.75) is 6.92 Å². The van der Waals surface area contributed by atoms with Crippen molar-refractivity contribution in [2.75, 3.05) is 0 Å². The number of rotatable bonds is 2. The van der Waals surface area contributed by atoms with E-state index in [1.807, 2.05) is 30.3 Å². The second-order valence-electron chi connectivity index (χ2n) is 6.13. The molecule has 0 unspecified atom stereocenters. The number of benzene rings is 3. The third-order valence-electron chi connectivity index (χ3n) is 4.36. The van der Waals surface area contributed by atoms with Crippen LogP contribution in [0.4, 0.5) is 0 Å². The van der Waals surface area contributed by atoms with Crippen molar-refractivity contribution in [2.24, 2.45) is 0 Å². The number of hydrogen-bond donors (Lipinski definition) is 0. The van der Waals surface area contributed by atoms with Crippen LogP contribution in [0, 0.1) is 18.3 Å². The van der Waals surface area contributed by atoms with Gasteiger partial charge in [0.25, 0.3) is 0 Å². The summed E-state index contributed by atoms with van der Waals surface area (Å²) in [6.07, 6.45) is 0. The quantitative estimate of drug-likeness (QED) is 0.471. The lowest BCUT2D eigenvalue weighted by Crippen LogP contribution is -1.91. The number of hydrogen-bond acceptors (Lipinski definition) is 2. The molecule has 4 rings (SSSR count). The summed E-state index contributed by atoms with van der Waals surface area (Å²) in [7, 11) is 0. The first-order valence-electron chi connectivity index (χ1n) is 8.22. The van der Waals surface area contributed by atoms with Gasteiger partial charge >= 0.3 is 0 Å². The van der Waals surface area contributed by atoms with E-state index in [4.69, 9.17) is 10.2 Å². The summed E-state index contributed by atoms with van der Waals surface area (Å²) in [6, 6.07) is 28.6. The Morgan fingerprint density at radius 1 is 0.800 bits per heavy atom. The van der Waals surface area contributed by atoms with Gasteiger partial charge in [0.1, 0.15) is 0 Å². The first-order chi connectivity index (χ1) is 12.2. The highest BCUT2D eigenvalue weighted by molar-refractivity contribution is 5.97. The van der Waals surface area contributed by atoms with Crippen LogP contribution in [0.25, 0.3) is 33.3 Å². The fourth-order valence-corrected chi connectivity index (χ4v) is 3.06. The molecule has 0 aliphatic heterocycles. The molecule has 0 aliphatic carbocycles. The zero-order valence-corrected chi connectivity index (χ0v) is 13.9. The van der Waals surface area contributed by atoms with Crippen LogP contribution in [0.3, 0.4) is 0 Å². The fraction of sp³-hybridized carbons (Fsp3) is 0.0435. The van der Waals surface area contributed by atoms with Gasteiger partial charge in [-0.3, -0.25) is 0 Å². The molecule has 0 fully saturated rings. The zero-order chi connectivity index (χ0) is 17.2. The second kappa shape index (κ2) is 6.22. The highest BCUT2D eigenvalue weighted by atomic mass is 14.7. The molecule has 0 bridgehead atoms. The molecule has 1 heterocycles. The van der Waals surface area contributed by atoms with E-state index in [-0.39, 0.29) is 0 Å². The smallest absolute Gasteiger partial charge is 0.0991 e. The summed E-state index contributed by atoms with van der Waals surface area (Å²) in [4.78, 5) is 4.87. The van der Waals surface area contributed by atoms with Gasteiger partial charge in [-0.25, -0.2) is 4.98 Å². The third kappa shape index (κ3) is 2.88. The molecule has 1 aromatic heterocycles. The van der Waals surface area contributed by atoms with E-state index in [1.165, 1.54) is 16.7 Å². The number of nitriles is 1. The van der Waals surface area contributed by atoms with Crippen molar-refractivity contribution >= 4 is 10.9 Å². The summed E-state index contributed by atoms with van der Waals surface area (Å²) >= 11 is 0. The topological polar surface area (TPSA) is 36.7 Å². The number of fused-ring (bicyclic) bond motifs is 1. The van der Waals surface area contributed by atoms with E-state index in [0.717, 1.165) is 22.2 Å². The number of aromatic nitrogens is 1. The number of nitrogens with zero attached hydrogens (tertiary/aromatic N) is 2. The van der Waals surface area contributed by atoms with E-state index in [1.54, 1.807) is 0 Å². The molecule has 0 amide bonds. The molecule has 0 saturated carbocycles. The normalized spacial score (nSPS) is 10.6. The Hall–Kier alpha value is -3.44. The molecule has 0 spiro atoms. The number of aryl methyl sites for hydroxylation is 1. The summed E-state index contributed by atoms with van der Waals surface area (Å²) in [5, 5.41) is 10.1. The van der Waals surface area contributed by atoms with Crippen molar-refractivity contribution in [1.29, 1.82) is 5.26 Å². The van der Waals surface area contributed by atoms with Crippen molar-refractivity contribution in [3.05, 3.63) is 90.0 Å². The van der Waals surface area contributed by atoms with Crippen LogP contribution in [0.5, 0.6) is 0 Å². The van der Waals surface area contributed by atoms with Crippen LogP contribution >= 0.6 is 0 Å². The maximum absolute atomic E-state index is 9.00. The molecule has 4 aromatic rings. The van der Waals surface area contributed by atoms with Gasteiger partial charge in [-0.1, -0.05) is 54.6 Å². The van der Waals surface area contributed by atoms with Crippen molar-refractivity contribution in [3.8, 4) is 28.5 Å². The van der Waals surface area contributed by atoms with Gasteiger partial charge in [-0.05, 0) is 47.9 Å². The Morgan fingerprint density at radius 3 is 2.28 bits per heavy atom. The molecular weight excluding hydrogens is 304 g/mol. The molecule has 2 heteroatoms. The first-order valence-corrected chi connectivity index (χ1v) is 8.22. The molecule has 3 aromatic carbocycles. The van der Waals surface area contributed by atoms with E-state index >= 15 is 0 Å². The summed E-state index contributed by atoms with van der Waals surface area (Å²) < 4.78 is 0. The number of pyridine rings is 1. The molecule has 25 heavy (non-hydrogen) atoms. The van der Waals surface area contributed by atoms with Gasteiger partial charge in [-0.2, -0.15) is 5.26 Å². The molecule has 118 valence electrons. The Bertz CT molecular complexity index is 1090. The lowest BCUT2D eigenvalue weighted by molar-refractivity contribution is 1.37. The third-order valence-corrected chi connectivity index (χ3v) is 4.36. The molecule has 0 saturated heterocycles. The zero-order valence-electron chi connectivity index (χ0n) is 13.9. The Kier molecular flexibility index (Phi) is 3.76. The van der Waals surface area contributed by atoms with E-state index < -0.39 is 0 Å². The molecule has 2 nitrogen and oxygen atoms in total. The summed E-state index contributed by atoms with van der Waals surface area (Å²) in [5.74, 6) is 0. The van der Waals surface area contributed by atoms with Crippen molar-refractivity contribution in [3.63, 3.8) is 0 Å². The molecule has 0 N–H and O–H groups in total. The van der Waals surface area contributed by atoms with Crippen molar-refractivity contribution in [1.82, 2.24) is 4.98 Å². The standard InChI is InChI=1S/C23H16N2/c1-16-7-12-20-21(18-5-3-2-4-6-18)14-22(25-23(20)13-16)19-10-8-17(15-24)9-11-19/h2-14H,1H3. The minimum absolute atomic E-state index is 0.656. The van der Waals surface area contributed by atoms with E-state index in [9.17, 15) is 0 Å². The second-order valence-corrected chi connectivity index (χ2v) is 6.13. The van der Waals surface area contributed by atoms with Gasteiger partial charge in [0, 0.05) is 10.9 Å². The van der Waals surface area contributed by atoms with Gasteiger partial charge in [0.2, 0.25) is 0 Å². The first kappa shape index (κ1) is 15.1. The largest absolute Gasteiger partial charge is 0.248 e. The van der Waals surface area contributed by atoms with Crippen LogP contribution < -0.4 is 0 Å². The van der Waals surface area contributed by atoms with Crippen LogP contribution in [0.15, 0.2) is 78.9 Å². The Morgan fingerprint density at radius 2 is 1.56 bits per heavy atom. The minimum atomic E-state index is 0.656. The van der Waals surface area contributed by atoms with Gasteiger partial charge < -0.3 is 0 Å². The minimum Gasteiger partial charge on any atom is -0.248 e. The molecule has 0 aliphatic rings. The predicted molar refractivity (Wildman–Crippen MR) is 102 cm³/mol.